The number of ether oxygens (including phenoxy) is 1. The first-order chi connectivity index (χ1) is 29.5. The topological polar surface area (TPSA) is 95.9 Å². The van der Waals surface area contributed by atoms with Gasteiger partial charge in [-0.15, -0.1) is 0 Å². The Labute approximate surface area is 373 Å². The van der Waals surface area contributed by atoms with Crippen molar-refractivity contribution >= 4 is 11.9 Å². The van der Waals surface area contributed by atoms with E-state index in [0.717, 1.165) is 70.6 Å². The van der Waals surface area contributed by atoms with Crippen LogP contribution in [0.2, 0.25) is 0 Å². The van der Waals surface area contributed by atoms with Gasteiger partial charge in [-0.05, 0) is 77.0 Å². The molecule has 0 aromatic rings. The zero-order chi connectivity index (χ0) is 43.8. The lowest BCUT2D eigenvalue weighted by Gasteiger charge is -2.24. The van der Waals surface area contributed by atoms with Gasteiger partial charge in [0.05, 0.1) is 25.2 Å². The van der Waals surface area contributed by atoms with Gasteiger partial charge in [0.25, 0.3) is 0 Å². The zero-order valence-corrected chi connectivity index (χ0v) is 40.4. The lowest BCUT2D eigenvalue weighted by molar-refractivity contribution is -0.151. The summed E-state index contributed by atoms with van der Waals surface area (Å²) in [6.07, 6.45) is 55.3. The van der Waals surface area contributed by atoms with E-state index in [9.17, 15) is 19.8 Å². The summed E-state index contributed by atoms with van der Waals surface area (Å²) in [7, 11) is 0. The number of rotatable bonds is 48. The summed E-state index contributed by atoms with van der Waals surface area (Å²) in [6, 6.07) is -0.703. The van der Waals surface area contributed by atoms with Crippen molar-refractivity contribution < 1.29 is 24.5 Å². The molecule has 1 amide bonds. The normalized spacial score (nSPS) is 13.3. The molecular weight excluding hydrogens is 743 g/mol. The average molecular weight is 846 g/mol. The number of carbonyl (C=O) groups excluding carboxylic acids is 2. The molecule has 0 rings (SSSR count). The predicted octanol–water partition coefficient (Wildman–Crippen LogP) is 15.9. The third kappa shape index (κ3) is 43.0. The minimum atomic E-state index is -0.788. The Morgan fingerprint density at radius 2 is 0.800 bits per heavy atom. The van der Waals surface area contributed by atoms with E-state index in [2.05, 4.69) is 50.4 Å². The number of allylic oxidation sites excluding steroid dienone is 4. The summed E-state index contributed by atoms with van der Waals surface area (Å²) < 4.78 is 5.93. The van der Waals surface area contributed by atoms with Gasteiger partial charge in [-0.2, -0.15) is 0 Å². The van der Waals surface area contributed by atoms with Gasteiger partial charge >= 0.3 is 5.97 Å². The van der Waals surface area contributed by atoms with E-state index in [1.165, 1.54) is 167 Å². The van der Waals surface area contributed by atoms with E-state index in [4.69, 9.17) is 4.74 Å². The molecule has 354 valence electrons. The first-order valence-corrected chi connectivity index (χ1v) is 26.6. The summed E-state index contributed by atoms with van der Waals surface area (Å²) in [5.41, 5.74) is 0. The number of hydrogen-bond acceptors (Lipinski definition) is 5. The number of hydrogen-bond donors (Lipinski definition) is 3. The van der Waals surface area contributed by atoms with E-state index in [1.54, 1.807) is 0 Å². The van der Waals surface area contributed by atoms with E-state index in [-0.39, 0.29) is 24.9 Å². The number of aliphatic hydroxyl groups excluding tert-OH is 2. The molecule has 6 heteroatoms. The molecule has 0 aliphatic carbocycles. The lowest BCUT2D eigenvalue weighted by Crippen LogP contribution is -2.46. The average Bonchev–Trinajstić information content (AvgIpc) is 3.24. The molecule has 0 bridgehead atoms. The van der Waals surface area contributed by atoms with Crippen LogP contribution in [-0.4, -0.2) is 46.9 Å². The third-order valence-electron chi connectivity index (χ3n) is 12.3. The van der Waals surface area contributed by atoms with Crippen LogP contribution in [0.15, 0.2) is 24.3 Å². The van der Waals surface area contributed by atoms with Gasteiger partial charge in [0, 0.05) is 6.42 Å². The van der Waals surface area contributed by atoms with Gasteiger partial charge in [0.1, 0.15) is 6.10 Å². The van der Waals surface area contributed by atoms with Crippen molar-refractivity contribution in [3.05, 3.63) is 24.3 Å². The molecule has 0 aromatic heterocycles. The molecule has 3 unspecified atom stereocenters. The molecule has 0 radical (unpaired) electrons. The molecule has 3 atom stereocenters. The largest absolute Gasteiger partial charge is 0.462 e. The van der Waals surface area contributed by atoms with E-state index >= 15 is 0 Å². The van der Waals surface area contributed by atoms with Gasteiger partial charge in [-0.1, -0.05) is 218 Å². The van der Waals surface area contributed by atoms with E-state index in [0.29, 0.717) is 19.3 Å². The molecule has 0 aliphatic rings. The molecule has 0 aromatic carbocycles. The maximum atomic E-state index is 13.2. The molecule has 0 saturated carbocycles. The molecule has 0 fully saturated rings. The minimum Gasteiger partial charge on any atom is -0.462 e. The number of esters is 1. The predicted molar refractivity (Wildman–Crippen MR) is 260 cm³/mol. The first-order valence-electron chi connectivity index (χ1n) is 26.6. The van der Waals surface area contributed by atoms with Gasteiger partial charge in [0.2, 0.25) is 5.91 Å². The molecule has 0 saturated heterocycles. The van der Waals surface area contributed by atoms with Crippen LogP contribution in [0.4, 0.5) is 0 Å². The monoisotopic (exact) mass is 846 g/mol. The number of nitrogens with one attached hydrogen (secondary N) is 1. The van der Waals surface area contributed by atoms with Crippen molar-refractivity contribution in [2.45, 2.75) is 302 Å². The highest BCUT2D eigenvalue weighted by molar-refractivity contribution is 5.77. The molecular formula is C54H103NO5. The number of aliphatic hydroxyl groups is 2. The number of unbranched alkanes of at least 4 members (excludes halogenated alkanes) is 32. The van der Waals surface area contributed by atoms with Gasteiger partial charge in [-0.25, -0.2) is 0 Å². The van der Waals surface area contributed by atoms with Crippen LogP contribution in [0.25, 0.3) is 0 Å². The second kappa shape index (κ2) is 48.4. The highest BCUT2D eigenvalue weighted by Gasteiger charge is 2.24. The zero-order valence-electron chi connectivity index (χ0n) is 40.4. The fraction of sp³-hybridized carbons (Fsp3) is 0.889. The Morgan fingerprint density at radius 3 is 1.20 bits per heavy atom. The molecule has 0 aliphatic heterocycles. The highest BCUT2D eigenvalue weighted by Crippen LogP contribution is 2.18. The quantitative estimate of drug-likeness (QED) is 0.0322. The van der Waals surface area contributed by atoms with E-state index in [1.807, 2.05) is 0 Å². The van der Waals surface area contributed by atoms with Crippen LogP contribution in [0.5, 0.6) is 0 Å². The summed E-state index contributed by atoms with van der Waals surface area (Å²) in [4.78, 5) is 26.1. The van der Waals surface area contributed by atoms with Crippen molar-refractivity contribution in [3.63, 3.8) is 0 Å². The summed E-state index contributed by atoms with van der Waals surface area (Å²) >= 11 is 0. The van der Waals surface area contributed by atoms with Crippen LogP contribution in [0, 0.1) is 0 Å². The Kier molecular flexibility index (Phi) is 47.0. The second-order valence-corrected chi connectivity index (χ2v) is 18.3. The van der Waals surface area contributed by atoms with E-state index < -0.39 is 18.2 Å². The number of amides is 1. The van der Waals surface area contributed by atoms with Crippen molar-refractivity contribution in [1.29, 1.82) is 0 Å². The fourth-order valence-corrected chi connectivity index (χ4v) is 8.19. The molecule has 0 heterocycles. The standard InChI is InChI=1S/C54H103NO5/c1-4-7-10-13-16-19-21-23-25-27-29-31-34-36-39-42-45-50(48-53(58)55-51(49-56)52(57)46-43-40-37-33-18-15-12-9-6-3)60-54(59)47-44-41-38-35-32-30-28-26-24-22-20-17-14-11-8-5-2/h26,28-29,31,50-52,56-57H,4-25,27,30,32-49H2,1-3H3,(H,55,58)/b28-26+,31-29+. The van der Waals surface area contributed by atoms with Crippen molar-refractivity contribution in [3.8, 4) is 0 Å². The Bertz CT molecular complexity index is 950. The van der Waals surface area contributed by atoms with Gasteiger partial charge in [0.15, 0.2) is 0 Å². The minimum absolute atomic E-state index is 0.0676. The highest BCUT2D eigenvalue weighted by atomic mass is 16.5. The van der Waals surface area contributed by atoms with Crippen LogP contribution in [0.1, 0.15) is 284 Å². The summed E-state index contributed by atoms with van der Waals surface area (Å²) in [5, 5.41) is 23.7. The fourth-order valence-electron chi connectivity index (χ4n) is 8.19. The lowest BCUT2D eigenvalue weighted by atomic mass is 10.0. The van der Waals surface area contributed by atoms with Crippen LogP contribution in [-0.2, 0) is 14.3 Å². The SMILES string of the molecule is CCCCCCCCC/C=C/CCCCCCCC(=O)OC(CCCCC/C=C/CCCCCCCCCCC)CC(=O)NC(CO)C(O)CCCCCCCCCCC. The van der Waals surface area contributed by atoms with Crippen molar-refractivity contribution in [2.75, 3.05) is 6.61 Å². The first kappa shape index (κ1) is 58.3. The van der Waals surface area contributed by atoms with Gasteiger partial charge < -0.3 is 20.3 Å². The Hall–Kier alpha value is -1.66. The number of carbonyl (C=O) groups is 2. The molecule has 60 heavy (non-hydrogen) atoms. The molecule has 3 N–H and O–H groups in total. The molecule has 0 spiro atoms. The summed E-state index contributed by atoms with van der Waals surface area (Å²) in [6.45, 7) is 6.47. The smallest absolute Gasteiger partial charge is 0.306 e. The van der Waals surface area contributed by atoms with Crippen molar-refractivity contribution in [1.82, 2.24) is 5.32 Å². The van der Waals surface area contributed by atoms with Crippen LogP contribution >= 0.6 is 0 Å². The van der Waals surface area contributed by atoms with Crippen LogP contribution < -0.4 is 5.32 Å². The van der Waals surface area contributed by atoms with Crippen molar-refractivity contribution in [2.24, 2.45) is 0 Å². The third-order valence-corrected chi connectivity index (χ3v) is 12.3. The Balaban J connectivity index is 4.57. The maximum absolute atomic E-state index is 13.2. The maximum Gasteiger partial charge on any atom is 0.306 e. The second-order valence-electron chi connectivity index (χ2n) is 18.3. The van der Waals surface area contributed by atoms with Gasteiger partial charge in [-0.3, -0.25) is 9.59 Å². The summed E-state index contributed by atoms with van der Waals surface area (Å²) in [5.74, 6) is -0.488. The Morgan fingerprint density at radius 1 is 0.467 bits per heavy atom. The van der Waals surface area contributed by atoms with Crippen LogP contribution in [0.3, 0.4) is 0 Å². The molecule has 6 nitrogen and oxygen atoms in total.